The highest BCUT2D eigenvalue weighted by Crippen LogP contribution is 2.44. The van der Waals surface area contributed by atoms with Crippen LogP contribution in [0.15, 0.2) is 23.8 Å². The van der Waals surface area contributed by atoms with Gasteiger partial charge >= 0.3 is 5.97 Å². The maximum absolute atomic E-state index is 12.0. The molecule has 0 radical (unpaired) electrons. The molecule has 0 saturated carbocycles. The smallest absolute Gasteiger partial charge is 0.334 e. The van der Waals surface area contributed by atoms with Crippen LogP contribution in [-0.4, -0.2) is 35.0 Å². The van der Waals surface area contributed by atoms with E-state index in [1.807, 2.05) is 6.92 Å². The van der Waals surface area contributed by atoms with Crippen molar-refractivity contribution in [2.24, 2.45) is 11.8 Å². The molecule has 0 amide bonds. The Morgan fingerprint density at radius 3 is 2.88 bits per heavy atom. The van der Waals surface area contributed by atoms with E-state index in [1.165, 1.54) is 5.57 Å². The lowest BCUT2D eigenvalue weighted by Crippen LogP contribution is -2.46. The summed E-state index contributed by atoms with van der Waals surface area (Å²) < 4.78 is 12.1. The molecule has 3 heterocycles. The molecule has 2 bridgehead atoms. The normalized spacial score (nSPS) is 44.0. The number of esters is 1. The van der Waals surface area contributed by atoms with Gasteiger partial charge in [-0.25, -0.2) is 4.79 Å². The molecule has 24 heavy (non-hydrogen) atoms. The Morgan fingerprint density at radius 1 is 1.38 bits per heavy atom. The van der Waals surface area contributed by atoms with Gasteiger partial charge in [-0.15, -0.1) is 0 Å². The van der Waals surface area contributed by atoms with Crippen LogP contribution in [0.25, 0.3) is 0 Å². The fourth-order valence-corrected chi connectivity index (χ4v) is 4.39. The van der Waals surface area contributed by atoms with Gasteiger partial charge in [0.2, 0.25) is 0 Å². The Hall–Kier alpha value is -1.13. The van der Waals surface area contributed by atoms with Crippen LogP contribution < -0.4 is 0 Å². The van der Waals surface area contributed by atoms with E-state index in [9.17, 15) is 9.90 Å². The van der Waals surface area contributed by atoms with Crippen molar-refractivity contribution in [3.05, 3.63) is 23.8 Å². The van der Waals surface area contributed by atoms with Gasteiger partial charge in [-0.2, -0.15) is 0 Å². The molecule has 0 spiro atoms. The summed E-state index contributed by atoms with van der Waals surface area (Å²) in [5.41, 5.74) is 1.29. The zero-order valence-electron chi connectivity index (χ0n) is 15.1. The summed E-state index contributed by atoms with van der Waals surface area (Å²) in [6.45, 7) is 10.3. The van der Waals surface area contributed by atoms with Crippen LogP contribution in [0.4, 0.5) is 0 Å². The van der Waals surface area contributed by atoms with E-state index in [0.717, 1.165) is 32.1 Å². The third kappa shape index (κ3) is 3.18. The average Bonchev–Trinajstić information content (AvgIpc) is 2.72. The Balaban J connectivity index is 1.95. The molecule has 6 atom stereocenters. The van der Waals surface area contributed by atoms with Gasteiger partial charge in [-0.3, -0.25) is 0 Å². The molecule has 0 aromatic heterocycles. The maximum Gasteiger partial charge on any atom is 0.334 e. The maximum atomic E-state index is 12.0. The van der Waals surface area contributed by atoms with Crippen molar-refractivity contribution < 1.29 is 19.4 Å². The fraction of sp³-hybridized carbons (Fsp3) is 0.750. The molecule has 134 valence electrons. The van der Waals surface area contributed by atoms with E-state index in [1.54, 1.807) is 0 Å². The summed E-state index contributed by atoms with van der Waals surface area (Å²) in [4.78, 5) is 12.0. The number of hydrogen-bond acceptors (Lipinski definition) is 4. The van der Waals surface area contributed by atoms with Crippen LogP contribution in [0.2, 0.25) is 0 Å². The molecule has 3 aliphatic rings. The monoisotopic (exact) mass is 334 g/mol. The molecule has 0 unspecified atom stereocenters. The summed E-state index contributed by atoms with van der Waals surface area (Å²) >= 11 is 0. The molecule has 4 heteroatoms. The van der Waals surface area contributed by atoms with Crippen molar-refractivity contribution in [1.29, 1.82) is 0 Å². The topological polar surface area (TPSA) is 55.8 Å². The van der Waals surface area contributed by atoms with E-state index in [-0.39, 0.29) is 30.0 Å². The summed E-state index contributed by atoms with van der Waals surface area (Å²) in [7, 11) is 0. The van der Waals surface area contributed by atoms with Crippen LogP contribution in [0.3, 0.4) is 0 Å². The molecule has 2 fully saturated rings. The van der Waals surface area contributed by atoms with Crippen molar-refractivity contribution in [2.75, 3.05) is 0 Å². The van der Waals surface area contributed by atoms with Crippen molar-refractivity contribution in [3.8, 4) is 0 Å². The number of carbonyl (C=O) groups is 1. The molecule has 4 nitrogen and oxygen atoms in total. The first-order valence-corrected chi connectivity index (χ1v) is 9.23. The molecule has 3 rings (SSSR count). The number of aliphatic hydroxyl groups excluding tert-OH is 1. The second-order valence-corrected chi connectivity index (χ2v) is 8.11. The van der Waals surface area contributed by atoms with Gasteiger partial charge in [0.15, 0.2) is 0 Å². The van der Waals surface area contributed by atoms with Crippen molar-refractivity contribution in [1.82, 2.24) is 0 Å². The SMILES string of the molecule is C=C1C(=O)O[C@H]2[C@H]3O[C@@](C)(CCC=C(C)CCC[C@H]3C)[C@H](O)C[C@@H]12. The van der Waals surface area contributed by atoms with Crippen LogP contribution >= 0.6 is 0 Å². The lowest BCUT2D eigenvalue weighted by atomic mass is 9.82. The molecule has 0 aromatic rings. The van der Waals surface area contributed by atoms with Crippen molar-refractivity contribution in [3.63, 3.8) is 0 Å². The van der Waals surface area contributed by atoms with Gasteiger partial charge in [-0.1, -0.05) is 25.2 Å². The highest BCUT2D eigenvalue weighted by molar-refractivity contribution is 5.90. The minimum atomic E-state index is -0.622. The summed E-state index contributed by atoms with van der Waals surface area (Å²) in [5.74, 6) is -0.197. The predicted molar refractivity (Wildman–Crippen MR) is 92.4 cm³/mol. The first-order valence-electron chi connectivity index (χ1n) is 9.23. The van der Waals surface area contributed by atoms with Gasteiger partial charge in [0.05, 0.1) is 17.8 Å². The van der Waals surface area contributed by atoms with Gasteiger partial charge in [-0.05, 0) is 58.3 Å². The first-order chi connectivity index (χ1) is 11.3. The van der Waals surface area contributed by atoms with E-state index in [0.29, 0.717) is 12.0 Å². The quantitative estimate of drug-likeness (QED) is 0.418. The molecular weight excluding hydrogens is 304 g/mol. The number of fused-ring (bicyclic) bond motifs is 4. The predicted octanol–water partition coefficient (Wildman–Crippen LogP) is 3.54. The third-order valence-corrected chi connectivity index (χ3v) is 6.19. The zero-order chi connectivity index (χ0) is 17.5. The fourth-order valence-electron chi connectivity index (χ4n) is 4.39. The van der Waals surface area contributed by atoms with Gasteiger partial charge < -0.3 is 14.6 Å². The van der Waals surface area contributed by atoms with E-state index in [4.69, 9.17) is 9.47 Å². The Bertz CT molecular complexity index is 552. The molecule has 1 N–H and O–H groups in total. The minimum Gasteiger partial charge on any atom is -0.456 e. The number of ether oxygens (including phenoxy) is 2. The molecule has 3 aliphatic heterocycles. The highest BCUT2D eigenvalue weighted by Gasteiger charge is 2.53. The number of hydrogen-bond donors (Lipinski definition) is 1. The zero-order valence-corrected chi connectivity index (χ0v) is 15.1. The standard InChI is InChI=1S/C20H30O4/c1-12-7-5-9-13(2)17-18-15(14(3)19(22)23-18)11-16(21)20(4,24-17)10-6-8-12/h8,13,15-18,21H,3,5-7,9-11H2,1-2,4H3/t13-,15+,16-,17+,18-,20+/m1/s1. The highest BCUT2D eigenvalue weighted by atomic mass is 16.6. The van der Waals surface area contributed by atoms with Gasteiger partial charge in [0, 0.05) is 11.5 Å². The summed E-state index contributed by atoms with van der Waals surface area (Å²) in [6, 6.07) is 0. The van der Waals surface area contributed by atoms with Crippen LogP contribution in [0.5, 0.6) is 0 Å². The lowest BCUT2D eigenvalue weighted by Gasteiger charge is -2.38. The molecule has 2 saturated heterocycles. The minimum absolute atomic E-state index is 0.137. The second-order valence-electron chi connectivity index (χ2n) is 8.11. The van der Waals surface area contributed by atoms with Crippen molar-refractivity contribution in [2.45, 2.75) is 83.2 Å². The summed E-state index contributed by atoms with van der Waals surface area (Å²) in [5, 5.41) is 10.9. The second kappa shape index (κ2) is 6.64. The van der Waals surface area contributed by atoms with E-state index >= 15 is 0 Å². The molecular formula is C20H30O4. The van der Waals surface area contributed by atoms with Crippen LogP contribution in [-0.2, 0) is 14.3 Å². The van der Waals surface area contributed by atoms with Crippen LogP contribution in [0.1, 0.15) is 59.3 Å². The van der Waals surface area contributed by atoms with Crippen molar-refractivity contribution >= 4 is 5.97 Å². The Labute approximate surface area is 144 Å². The van der Waals surface area contributed by atoms with Gasteiger partial charge in [0.1, 0.15) is 6.10 Å². The first kappa shape index (κ1) is 17.7. The molecule has 0 aromatic carbocycles. The number of carbonyl (C=O) groups excluding carboxylic acids is 1. The van der Waals surface area contributed by atoms with Gasteiger partial charge in [0.25, 0.3) is 0 Å². The summed E-state index contributed by atoms with van der Waals surface area (Å²) in [6.07, 6.45) is 6.54. The largest absolute Gasteiger partial charge is 0.456 e. The Morgan fingerprint density at radius 2 is 2.12 bits per heavy atom. The average molecular weight is 334 g/mol. The number of allylic oxidation sites excluding steroid dienone is 2. The Kier molecular flexibility index (Phi) is 4.89. The van der Waals surface area contributed by atoms with E-state index in [2.05, 4.69) is 26.5 Å². The number of aliphatic hydroxyl groups is 1. The van der Waals surface area contributed by atoms with Crippen LogP contribution in [0, 0.1) is 11.8 Å². The number of rotatable bonds is 0. The molecule has 0 aliphatic carbocycles. The van der Waals surface area contributed by atoms with E-state index < -0.39 is 11.7 Å². The lowest BCUT2D eigenvalue weighted by molar-refractivity contribution is -0.182. The third-order valence-electron chi connectivity index (χ3n) is 6.19.